The van der Waals surface area contributed by atoms with Crippen LogP contribution in [0.4, 0.5) is 5.69 Å². The molecule has 0 spiro atoms. The molecule has 0 fully saturated rings. The third-order valence-corrected chi connectivity index (χ3v) is 7.58. The van der Waals surface area contributed by atoms with Crippen molar-refractivity contribution in [3.63, 3.8) is 0 Å². The van der Waals surface area contributed by atoms with Gasteiger partial charge >= 0.3 is 0 Å². The van der Waals surface area contributed by atoms with Gasteiger partial charge in [0, 0.05) is 17.0 Å². The van der Waals surface area contributed by atoms with Gasteiger partial charge in [-0.15, -0.1) is 11.8 Å². The number of fused-ring (bicyclic) bond motifs is 1. The van der Waals surface area contributed by atoms with Crippen LogP contribution < -0.4 is 4.31 Å². The van der Waals surface area contributed by atoms with Gasteiger partial charge in [0.25, 0.3) is 0 Å². The summed E-state index contributed by atoms with van der Waals surface area (Å²) >= 11 is 1.53. The van der Waals surface area contributed by atoms with Crippen LogP contribution in [0.25, 0.3) is 0 Å². The van der Waals surface area contributed by atoms with Gasteiger partial charge in [-0.05, 0) is 74.2 Å². The minimum absolute atomic E-state index is 0.0628. The Balaban J connectivity index is 1.72. The molecule has 1 aliphatic heterocycles. The molecule has 0 aromatic heterocycles. The number of carbonyl (C=O) groups is 1. The number of ketones is 1. The van der Waals surface area contributed by atoms with E-state index in [-0.39, 0.29) is 11.5 Å². The van der Waals surface area contributed by atoms with Gasteiger partial charge in [-0.2, -0.15) is 0 Å². The summed E-state index contributed by atoms with van der Waals surface area (Å²) in [6.07, 6.45) is 0.653. The summed E-state index contributed by atoms with van der Waals surface area (Å²) in [6, 6.07) is 11.6. The molecule has 1 heterocycles. The van der Waals surface area contributed by atoms with Crippen LogP contribution in [0.15, 0.2) is 41.3 Å². The number of sulfonamides is 1. The number of benzene rings is 2. The third kappa shape index (κ3) is 3.81. The molecule has 0 amide bonds. The van der Waals surface area contributed by atoms with Crippen LogP contribution in [0.5, 0.6) is 0 Å². The van der Waals surface area contributed by atoms with Gasteiger partial charge in [0.15, 0.2) is 5.78 Å². The van der Waals surface area contributed by atoms with E-state index in [2.05, 4.69) is 26.0 Å². The molecule has 0 atom stereocenters. The highest BCUT2D eigenvalue weighted by Crippen LogP contribution is 2.32. The Kier molecular flexibility index (Phi) is 5.44. The van der Waals surface area contributed by atoms with Crippen molar-refractivity contribution in [3.8, 4) is 0 Å². The van der Waals surface area contributed by atoms with Crippen molar-refractivity contribution in [2.75, 3.05) is 22.4 Å². The first-order chi connectivity index (χ1) is 12.3. The fourth-order valence-electron chi connectivity index (χ4n) is 3.03. The van der Waals surface area contributed by atoms with E-state index in [1.807, 2.05) is 12.1 Å². The van der Waals surface area contributed by atoms with Crippen LogP contribution in [-0.2, 0) is 16.4 Å². The standard InChI is InChI=1S/C20H23NO3S2/c1-4-26(23,24)21-10-9-16-12-17(6-8-19(16)21)20(22)13-25-18-7-5-14(2)15(3)11-18/h5-8,11-12H,4,9-10,13H2,1-3H3. The molecule has 3 rings (SSSR count). The van der Waals surface area contributed by atoms with Crippen LogP contribution in [0.2, 0.25) is 0 Å². The second-order valence-corrected chi connectivity index (χ2v) is 9.75. The van der Waals surface area contributed by atoms with Crippen LogP contribution in [0, 0.1) is 13.8 Å². The number of thioether (sulfide) groups is 1. The van der Waals surface area contributed by atoms with Crippen molar-refractivity contribution >= 4 is 33.3 Å². The Morgan fingerprint density at radius 2 is 1.88 bits per heavy atom. The second kappa shape index (κ2) is 7.45. The Morgan fingerprint density at radius 1 is 1.12 bits per heavy atom. The van der Waals surface area contributed by atoms with Crippen molar-refractivity contribution in [1.82, 2.24) is 0 Å². The summed E-state index contributed by atoms with van der Waals surface area (Å²) in [5.41, 5.74) is 4.76. The molecular formula is C20H23NO3S2. The predicted molar refractivity (Wildman–Crippen MR) is 108 cm³/mol. The van der Waals surface area contributed by atoms with Gasteiger partial charge in [0.1, 0.15) is 0 Å². The molecule has 0 saturated heterocycles. The number of Topliss-reactive ketones (excluding diaryl/α,β-unsaturated/α-hetero) is 1. The van der Waals surface area contributed by atoms with Gasteiger partial charge in [0.2, 0.25) is 10.0 Å². The summed E-state index contributed by atoms with van der Waals surface area (Å²) in [7, 11) is -3.25. The number of rotatable bonds is 6. The van der Waals surface area contributed by atoms with Gasteiger partial charge in [-0.1, -0.05) is 6.07 Å². The van der Waals surface area contributed by atoms with E-state index < -0.39 is 10.0 Å². The fraction of sp³-hybridized carbons (Fsp3) is 0.350. The van der Waals surface area contributed by atoms with Crippen molar-refractivity contribution in [2.45, 2.75) is 32.1 Å². The van der Waals surface area contributed by atoms with Crippen molar-refractivity contribution in [2.24, 2.45) is 0 Å². The molecule has 0 aliphatic carbocycles. The fourth-order valence-corrected chi connectivity index (χ4v) is 5.07. The van der Waals surface area contributed by atoms with E-state index >= 15 is 0 Å². The van der Waals surface area contributed by atoms with Crippen LogP contribution in [0.3, 0.4) is 0 Å². The van der Waals surface area contributed by atoms with E-state index in [1.54, 1.807) is 19.1 Å². The highest BCUT2D eigenvalue weighted by atomic mass is 32.2. The predicted octanol–water partition coefficient (Wildman–Crippen LogP) is 3.99. The molecule has 6 heteroatoms. The Morgan fingerprint density at radius 3 is 2.58 bits per heavy atom. The lowest BCUT2D eigenvalue weighted by atomic mass is 10.1. The minimum Gasteiger partial charge on any atom is -0.293 e. The topological polar surface area (TPSA) is 54.5 Å². The zero-order valence-electron chi connectivity index (χ0n) is 15.3. The zero-order valence-corrected chi connectivity index (χ0v) is 16.9. The van der Waals surface area contributed by atoms with Crippen molar-refractivity contribution in [1.29, 1.82) is 0 Å². The molecule has 4 nitrogen and oxygen atoms in total. The van der Waals surface area contributed by atoms with Crippen molar-refractivity contribution < 1.29 is 13.2 Å². The Bertz CT molecular complexity index is 952. The molecule has 26 heavy (non-hydrogen) atoms. The number of hydrogen-bond donors (Lipinski definition) is 0. The molecule has 2 aromatic rings. The van der Waals surface area contributed by atoms with E-state index in [1.165, 1.54) is 27.2 Å². The first-order valence-electron chi connectivity index (χ1n) is 8.68. The van der Waals surface area contributed by atoms with E-state index in [4.69, 9.17) is 0 Å². The summed E-state index contributed by atoms with van der Waals surface area (Å²) in [5.74, 6) is 0.519. The lowest BCUT2D eigenvalue weighted by molar-refractivity contribution is 0.102. The molecule has 2 aromatic carbocycles. The molecule has 138 valence electrons. The lowest BCUT2D eigenvalue weighted by Crippen LogP contribution is -2.30. The normalized spacial score (nSPS) is 13.7. The zero-order chi connectivity index (χ0) is 18.9. The quantitative estimate of drug-likeness (QED) is 0.554. The van der Waals surface area contributed by atoms with E-state index in [0.717, 1.165) is 10.5 Å². The van der Waals surface area contributed by atoms with E-state index in [9.17, 15) is 13.2 Å². The molecule has 0 radical (unpaired) electrons. The van der Waals surface area contributed by atoms with Gasteiger partial charge < -0.3 is 0 Å². The smallest absolute Gasteiger partial charge is 0.234 e. The van der Waals surface area contributed by atoms with Crippen molar-refractivity contribution in [3.05, 3.63) is 58.7 Å². The largest absolute Gasteiger partial charge is 0.293 e. The van der Waals surface area contributed by atoms with Gasteiger partial charge in [-0.25, -0.2) is 8.42 Å². The average Bonchev–Trinajstić information content (AvgIpc) is 3.06. The van der Waals surface area contributed by atoms with Crippen LogP contribution in [-0.4, -0.2) is 32.3 Å². The maximum absolute atomic E-state index is 12.6. The Labute approximate surface area is 159 Å². The molecule has 1 aliphatic rings. The summed E-state index contributed by atoms with van der Waals surface area (Å²) in [4.78, 5) is 13.6. The average molecular weight is 390 g/mol. The lowest BCUT2D eigenvalue weighted by Gasteiger charge is -2.18. The highest BCUT2D eigenvalue weighted by Gasteiger charge is 2.28. The maximum Gasteiger partial charge on any atom is 0.234 e. The Hall–Kier alpha value is -1.79. The summed E-state index contributed by atoms with van der Waals surface area (Å²) in [6.45, 7) is 6.25. The molecule has 0 N–H and O–H groups in total. The number of anilines is 1. The van der Waals surface area contributed by atoms with Gasteiger partial charge in [0.05, 0.1) is 17.2 Å². The first kappa shape index (κ1) is 19.0. The molecular weight excluding hydrogens is 366 g/mol. The van der Waals surface area contributed by atoms with Crippen LogP contribution in [0.1, 0.15) is 34.0 Å². The molecule has 0 bridgehead atoms. The van der Waals surface area contributed by atoms with E-state index in [0.29, 0.717) is 30.0 Å². The molecule has 0 saturated carbocycles. The van der Waals surface area contributed by atoms with Crippen LogP contribution >= 0.6 is 11.8 Å². The minimum atomic E-state index is -3.25. The first-order valence-corrected chi connectivity index (χ1v) is 11.3. The third-order valence-electron chi connectivity index (χ3n) is 4.80. The number of aryl methyl sites for hydroxylation is 2. The number of hydrogen-bond acceptors (Lipinski definition) is 4. The van der Waals surface area contributed by atoms with Gasteiger partial charge in [-0.3, -0.25) is 9.10 Å². The molecule has 0 unspecified atom stereocenters. The monoisotopic (exact) mass is 389 g/mol. The maximum atomic E-state index is 12.6. The number of carbonyl (C=O) groups excluding carboxylic acids is 1. The number of nitrogens with zero attached hydrogens (tertiary/aromatic N) is 1. The second-order valence-electron chi connectivity index (χ2n) is 6.52. The highest BCUT2D eigenvalue weighted by molar-refractivity contribution is 8.00. The SMILES string of the molecule is CCS(=O)(=O)N1CCc2cc(C(=O)CSc3ccc(C)c(C)c3)ccc21. The summed E-state index contributed by atoms with van der Waals surface area (Å²) < 4.78 is 25.8. The summed E-state index contributed by atoms with van der Waals surface area (Å²) in [5, 5.41) is 0.